The minimum absolute atomic E-state index is 0.0108. The lowest BCUT2D eigenvalue weighted by Gasteiger charge is -2.39. The van der Waals surface area contributed by atoms with Crippen molar-refractivity contribution in [2.24, 2.45) is 5.41 Å². The highest BCUT2D eigenvalue weighted by Gasteiger charge is 2.50. The first-order chi connectivity index (χ1) is 17.0. The highest BCUT2D eigenvalue weighted by Crippen LogP contribution is 2.36. The summed E-state index contributed by atoms with van der Waals surface area (Å²) in [6, 6.07) is 15.6. The van der Waals surface area contributed by atoms with Gasteiger partial charge < -0.3 is 19.1 Å². The van der Waals surface area contributed by atoms with E-state index in [4.69, 9.17) is 14.2 Å². The first-order valence-electron chi connectivity index (χ1n) is 11.9. The lowest BCUT2D eigenvalue weighted by atomic mass is 9.73. The molecule has 0 unspecified atom stereocenters. The van der Waals surface area contributed by atoms with Gasteiger partial charge in [-0.25, -0.2) is 4.79 Å². The van der Waals surface area contributed by atoms with Gasteiger partial charge >= 0.3 is 12.1 Å². The Hall–Kier alpha value is -3.68. The predicted octanol–water partition coefficient (Wildman–Crippen LogP) is 4.60. The van der Waals surface area contributed by atoms with Crippen LogP contribution in [0.2, 0.25) is 0 Å². The van der Waals surface area contributed by atoms with Crippen molar-refractivity contribution in [1.29, 1.82) is 0 Å². The van der Waals surface area contributed by atoms with E-state index in [-0.39, 0.29) is 32.5 Å². The topological polar surface area (TPSA) is 99.2 Å². The number of benzene rings is 2. The van der Waals surface area contributed by atoms with Crippen LogP contribution in [-0.2, 0) is 25.7 Å². The first kappa shape index (κ1) is 26.9. The van der Waals surface area contributed by atoms with Gasteiger partial charge in [-0.15, -0.1) is 0 Å². The number of carbonyl (C=O) groups excluding carboxylic acids is 4. The number of nitrogens with zero attached hydrogens (tertiary/aromatic N) is 1. The number of ether oxygens (including phenoxy) is 3. The zero-order valence-electron chi connectivity index (χ0n) is 21.2. The summed E-state index contributed by atoms with van der Waals surface area (Å²) in [5, 5.41) is 0. The van der Waals surface area contributed by atoms with Crippen LogP contribution in [0.25, 0.3) is 0 Å². The van der Waals surface area contributed by atoms with Gasteiger partial charge in [0.15, 0.2) is 11.6 Å². The maximum Gasteiger partial charge on any atom is 0.410 e. The van der Waals surface area contributed by atoms with Crippen molar-refractivity contribution in [3.8, 4) is 5.75 Å². The third-order valence-corrected chi connectivity index (χ3v) is 6.14. The van der Waals surface area contributed by atoms with Crippen molar-refractivity contribution in [3.63, 3.8) is 0 Å². The molecular formula is C28H33NO7. The first-order valence-corrected chi connectivity index (χ1v) is 11.9. The van der Waals surface area contributed by atoms with Crippen LogP contribution in [0.15, 0.2) is 54.6 Å². The summed E-state index contributed by atoms with van der Waals surface area (Å²) in [7, 11) is 1.52. The van der Waals surface area contributed by atoms with E-state index in [0.29, 0.717) is 11.3 Å². The number of esters is 1. The van der Waals surface area contributed by atoms with E-state index >= 15 is 0 Å². The van der Waals surface area contributed by atoms with Gasteiger partial charge in [0.25, 0.3) is 0 Å². The molecule has 2 aromatic rings. The molecule has 192 valence electrons. The van der Waals surface area contributed by atoms with Crippen LogP contribution in [0.5, 0.6) is 5.75 Å². The number of ketones is 2. The molecule has 1 fully saturated rings. The molecule has 8 nitrogen and oxygen atoms in total. The van der Waals surface area contributed by atoms with Crippen LogP contribution in [-0.4, -0.2) is 54.3 Å². The van der Waals surface area contributed by atoms with Gasteiger partial charge in [0.05, 0.1) is 13.5 Å². The quantitative estimate of drug-likeness (QED) is 0.300. The van der Waals surface area contributed by atoms with E-state index < -0.39 is 41.1 Å². The minimum Gasteiger partial charge on any atom is -0.497 e. The average Bonchev–Trinajstić information content (AvgIpc) is 2.86. The van der Waals surface area contributed by atoms with Gasteiger partial charge in [-0.3, -0.25) is 14.4 Å². The van der Waals surface area contributed by atoms with Crippen LogP contribution in [0.4, 0.5) is 4.79 Å². The Bertz CT molecular complexity index is 1080. The summed E-state index contributed by atoms with van der Waals surface area (Å²) in [6.07, 6.45) is -0.849. The second-order valence-electron chi connectivity index (χ2n) is 9.86. The fraction of sp³-hybridized carbons (Fsp3) is 0.429. The normalized spacial score (nSPS) is 15.1. The third kappa shape index (κ3) is 6.71. The molecule has 1 saturated heterocycles. The molecule has 8 heteroatoms. The van der Waals surface area contributed by atoms with Crippen LogP contribution in [0, 0.1) is 5.41 Å². The molecule has 0 radical (unpaired) electrons. The van der Waals surface area contributed by atoms with Gasteiger partial charge in [0.2, 0.25) is 0 Å². The lowest BCUT2D eigenvalue weighted by molar-refractivity contribution is -0.165. The number of hydrogen-bond donors (Lipinski definition) is 0. The summed E-state index contributed by atoms with van der Waals surface area (Å²) in [5.41, 5.74) is -1.05. The molecular weight excluding hydrogens is 462 g/mol. The van der Waals surface area contributed by atoms with E-state index in [1.165, 1.54) is 12.0 Å². The number of amides is 1. The third-order valence-electron chi connectivity index (χ3n) is 6.14. The molecule has 0 spiro atoms. The molecule has 0 atom stereocenters. The smallest absolute Gasteiger partial charge is 0.410 e. The SMILES string of the molecule is COc1ccc(C(=O)CC(=O)C2(C(=O)OCc3ccccc3)CCN(C(=O)OC(C)(C)C)CC2)cc1. The largest absolute Gasteiger partial charge is 0.497 e. The monoisotopic (exact) mass is 495 g/mol. The highest BCUT2D eigenvalue weighted by atomic mass is 16.6. The van der Waals surface area contributed by atoms with Gasteiger partial charge in [-0.1, -0.05) is 30.3 Å². The van der Waals surface area contributed by atoms with E-state index in [1.54, 1.807) is 45.0 Å². The van der Waals surface area contributed by atoms with E-state index in [2.05, 4.69) is 0 Å². The predicted molar refractivity (Wildman–Crippen MR) is 133 cm³/mol. The van der Waals surface area contributed by atoms with Gasteiger partial charge in [-0.2, -0.15) is 0 Å². The molecule has 0 aromatic heterocycles. The van der Waals surface area contributed by atoms with E-state index in [9.17, 15) is 19.2 Å². The Kier molecular flexibility index (Phi) is 8.50. The van der Waals surface area contributed by atoms with Gasteiger partial charge in [0, 0.05) is 18.7 Å². The van der Waals surface area contributed by atoms with Crippen molar-refractivity contribution >= 4 is 23.6 Å². The fourth-order valence-corrected chi connectivity index (χ4v) is 4.05. The summed E-state index contributed by atoms with van der Waals surface area (Å²) in [5.74, 6) is -0.992. The van der Waals surface area contributed by atoms with Crippen LogP contribution >= 0.6 is 0 Å². The molecule has 0 aliphatic carbocycles. The Morgan fingerprint density at radius 2 is 1.53 bits per heavy atom. The number of Topliss-reactive ketones (excluding diaryl/α,β-unsaturated/α-hetero) is 2. The Morgan fingerprint density at radius 3 is 2.08 bits per heavy atom. The zero-order chi connectivity index (χ0) is 26.3. The number of hydrogen-bond acceptors (Lipinski definition) is 7. The second-order valence-corrected chi connectivity index (χ2v) is 9.86. The van der Waals surface area contributed by atoms with E-state index in [0.717, 1.165) is 5.56 Å². The standard InChI is InChI=1S/C28H33NO7/c1-27(2,3)36-26(33)29-16-14-28(15-17-29,25(32)35-19-20-8-6-5-7-9-20)24(31)18-23(30)21-10-12-22(34-4)13-11-21/h5-13H,14-19H2,1-4H3. The van der Waals surface area contributed by atoms with Crippen molar-refractivity contribution in [2.75, 3.05) is 20.2 Å². The molecule has 36 heavy (non-hydrogen) atoms. The molecule has 0 bridgehead atoms. The number of piperidine rings is 1. The van der Waals surface area contributed by atoms with Crippen molar-refractivity contribution < 1.29 is 33.4 Å². The van der Waals surface area contributed by atoms with Crippen LogP contribution in [0.3, 0.4) is 0 Å². The summed E-state index contributed by atoms with van der Waals surface area (Å²) >= 11 is 0. The van der Waals surface area contributed by atoms with Gasteiger partial charge in [-0.05, 0) is 63.4 Å². The maximum atomic E-state index is 13.5. The molecule has 0 saturated carbocycles. The molecule has 1 aliphatic rings. The highest BCUT2D eigenvalue weighted by molar-refractivity contribution is 6.15. The minimum atomic E-state index is -1.52. The average molecular weight is 496 g/mol. The number of carbonyl (C=O) groups is 4. The molecule has 0 N–H and O–H groups in total. The van der Waals surface area contributed by atoms with Crippen molar-refractivity contribution in [2.45, 2.75) is 52.2 Å². The van der Waals surface area contributed by atoms with Gasteiger partial charge in [0.1, 0.15) is 23.4 Å². The Labute approximate surface area is 211 Å². The molecule has 3 rings (SSSR count). The molecule has 1 heterocycles. The Morgan fingerprint density at radius 1 is 0.917 bits per heavy atom. The van der Waals surface area contributed by atoms with Crippen LogP contribution < -0.4 is 4.74 Å². The van der Waals surface area contributed by atoms with E-state index in [1.807, 2.05) is 30.3 Å². The van der Waals surface area contributed by atoms with Crippen molar-refractivity contribution in [1.82, 2.24) is 4.90 Å². The van der Waals surface area contributed by atoms with Crippen LogP contribution in [0.1, 0.15) is 56.0 Å². The number of rotatable bonds is 8. The zero-order valence-corrected chi connectivity index (χ0v) is 21.2. The molecule has 1 amide bonds. The maximum absolute atomic E-state index is 13.5. The second kappa shape index (κ2) is 11.4. The summed E-state index contributed by atoms with van der Waals surface area (Å²) in [6.45, 7) is 5.60. The lowest BCUT2D eigenvalue weighted by Crippen LogP contribution is -2.52. The number of methoxy groups -OCH3 is 1. The molecule has 1 aliphatic heterocycles. The summed E-state index contributed by atoms with van der Waals surface area (Å²) < 4.78 is 16.1. The summed E-state index contributed by atoms with van der Waals surface area (Å²) in [4.78, 5) is 53.7. The Balaban J connectivity index is 1.76. The molecule has 2 aromatic carbocycles. The fourth-order valence-electron chi connectivity index (χ4n) is 4.05. The van der Waals surface area contributed by atoms with Crippen molar-refractivity contribution in [3.05, 3.63) is 65.7 Å². The number of likely N-dealkylation sites (tertiary alicyclic amines) is 1.